The summed E-state index contributed by atoms with van der Waals surface area (Å²) in [5.74, 6) is 1.31. The number of nitrogens with zero attached hydrogens (tertiary/aromatic N) is 4. The maximum atomic E-state index is 11.3. The maximum Gasteiger partial charge on any atom is 0.217 e. The molecule has 7 heteroatoms. The molecule has 1 aliphatic rings. The van der Waals surface area contributed by atoms with E-state index in [9.17, 15) is 4.79 Å². The minimum Gasteiger partial charge on any atom is -0.354 e. The normalized spacial score (nSPS) is 22.2. The molecule has 1 saturated carbocycles. The molecule has 0 unspecified atom stereocenters. The van der Waals surface area contributed by atoms with Crippen molar-refractivity contribution in [3.8, 4) is 0 Å². The van der Waals surface area contributed by atoms with E-state index in [-0.39, 0.29) is 11.9 Å². The zero-order valence-electron chi connectivity index (χ0n) is 12.4. The van der Waals surface area contributed by atoms with E-state index >= 15 is 0 Å². The van der Waals surface area contributed by atoms with Gasteiger partial charge in [0.05, 0.1) is 11.7 Å². The number of carbonyl (C=O) groups is 1. The Hall–Kier alpha value is -2.44. The van der Waals surface area contributed by atoms with Crippen molar-refractivity contribution in [2.45, 2.75) is 44.6 Å². The number of nitrogens with one attached hydrogen (secondary N) is 2. The van der Waals surface area contributed by atoms with Crippen LogP contribution in [-0.2, 0) is 4.79 Å². The van der Waals surface area contributed by atoms with Gasteiger partial charge in [-0.2, -0.15) is 0 Å². The van der Waals surface area contributed by atoms with Gasteiger partial charge >= 0.3 is 0 Å². The third-order valence-corrected chi connectivity index (χ3v) is 4.41. The average molecular weight is 298 g/mol. The lowest BCUT2D eigenvalue weighted by Gasteiger charge is -2.28. The van der Waals surface area contributed by atoms with Crippen molar-refractivity contribution >= 4 is 22.7 Å². The number of rotatable bonds is 2. The summed E-state index contributed by atoms with van der Waals surface area (Å²) in [6, 6.07) is 2.23. The van der Waals surface area contributed by atoms with Crippen molar-refractivity contribution in [1.82, 2.24) is 29.9 Å². The highest BCUT2D eigenvalue weighted by atomic mass is 16.1. The number of aromatic nitrogens is 5. The summed E-state index contributed by atoms with van der Waals surface area (Å²) in [4.78, 5) is 18.8. The summed E-state index contributed by atoms with van der Waals surface area (Å²) >= 11 is 0. The van der Waals surface area contributed by atoms with Gasteiger partial charge in [-0.15, -0.1) is 10.2 Å². The van der Waals surface area contributed by atoms with Gasteiger partial charge in [-0.3, -0.25) is 9.20 Å². The summed E-state index contributed by atoms with van der Waals surface area (Å²) in [6.07, 6.45) is 7.73. The predicted molar refractivity (Wildman–Crippen MR) is 81.5 cm³/mol. The Balaban J connectivity index is 1.74. The van der Waals surface area contributed by atoms with Crippen LogP contribution in [0.25, 0.3) is 16.8 Å². The van der Waals surface area contributed by atoms with Gasteiger partial charge in [0.2, 0.25) is 5.91 Å². The Bertz CT molecular complexity index is 835. The van der Waals surface area contributed by atoms with Crippen LogP contribution in [0.15, 0.2) is 18.5 Å². The van der Waals surface area contributed by atoms with E-state index in [0.717, 1.165) is 48.3 Å². The molecule has 7 nitrogen and oxygen atoms in total. The molecule has 0 spiro atoms. The molecule has 2 N–H and O–H groups in total. The Morgan fingerprint density at radius 1 is 1.41 bits per heavy atom. The molecule has 1 amide bonds. The Morgan fingerprint density at radius 2 is 2.32 bits per heavy atom. The number of aromatic amines is 1. The highest BCUT2D eigenvalue weighted by Crippen LogP contribution is 2.33. The fourth-order valence-corrected chi connectivity index (χ4v) is 3.51. The zero-order valence-corrected chi connectivity index (χ0v) is 12.4. The predicted octanol–water partition coefficient (Wildman–Crippen LogP) is 1.77. The van der Waals surface area contributed by atoms with Crippen LogP contribution in [0.2, 0.25) is 0 Å². The van der Waals surface area contributed by atoms with Crippen molar-refractivity contribution in [2.24, 2.45) is 0 Å². The van der Waals surface area contributed by atoms with Gasteiger partial charge in [0, 0.05) is 25.1 Å². The van der Waals surface area contributed by atoms with E-state index in [1.807, 2.05) is 12.3 Å². The number of carbonyl (C=O) groups excluding carboxylic acids is 1. The van der Waals surface area contributed by atoms with Crippen LogP contribution in [0, 0.1) is 0 Å². The quantitative estimate of drug-likeness (QED) is 0.754. The molecule has 0 aliphatic heterocycles. The molecule has 0 bridgehead atoms. The molecule has 3 heterocycles. The van der Waals surface area contributed by atoms with E-state index in [0.29, 0.717) is 5.92 Å². The van der Waals surface area contributed by atoms with Crippen LogP contribution >= 0.6 is 0 Å². The van der Waals surface area contributed by atoms with E-state index in [4.69, 9.17) is 0 Å². The molecule has 22 heavy (non-hydrogen) atoms. The average Bonchev–Trinajstić information content (AvgIpc) is 3.12. The number of fused-ring (bicyclic) bond motifs is 3. The summed E-state index contributed by atoms with van der Waals surface area (Å²) < 4.78 is 2.08. The summed E-state index contributed by atoms with van der Waals surface area (Å²) in [5, 5.41) is 11.7. The van der Waals surface area contributed by atoms with Crippen LogP contribution in [0.3, 0.4) is 0 Å². The minimum absolute atomic E-state index is 0.0361. The summed E-state index contributed by atoms with van der Waals surface area (Å²) in [6.45, 7) is 1.57. The van der Waals surface area contributed by atoms with Gasteiger partial charge < -0.3 is 10.3 Å². The summed E-state index contributed by atoms with van der Waals surface area (Å²) in [7, 11) is 0. The van der Waals surface area contributed by atoms with Gasteiger partial charge in [0.1, 0.15) is 5.82 Å². The third-order valence-electron chi connectivity index (χ3n) is 4.41. The first kappa shape index (κ1) is 13.2. The Kier molecular flexibility index (Phi) is 3.06. The lowest BCUT2D eigenvalue weighted by molar-refractivity contribution is -0.119. The molecular weight excluding hydrogens is 280 g/mol. The fourth-order valence-electron chi connectivity index (χ4n) is 3.51. The molecule has 1 fully saturated rings. The molecule has 3 aromatic rings. The van der Waals surface area contributed by atoms with E-state index in [2.05, 4.69) is 29.9 Å². The van der Waals surface area contributed by atoms with Gasteiger partial charge in [0.15, 0.2) is 11.3 Å². The van der Waals surface area contributed by atoms with Crippen LogP contribution in [0.5, 0.6) is 0 Å². The lowest BCUT2D eigenvalue weighted by atomic mass is 9.85. The number of hydrogen-bond acceptors (Lipinski definition) is 4. The third kappa shape index (κ3) is 2.13. The molecule has 2 atom stereocenters. The van der Waals surface area contributed by atoms with Crippen molar-refractivity contribution in [3.63, 3.8) is 0 Å². The maximum absolute atomic E-state index is 11.3. The lowest BCUT2D eigenvalue weighted by Crippen LogP contribution is -2.36. The monoisotopic (exact) mass is 298 g/mol. The molecule has 0 radical (unpaired) electrons. The van der Waals surface area contributed by atoms with E-state index in [1.54, 1.807) is 13.1 Å². The first-order valence-corrected chi connectivity index (χ1v) is 7.66. The molecule has 3 aromatic heterocycles. The number of hydrogen-bond donors (Lipinski definition) is 2. The largest absolute Gasteiger partial charge is 0.354 e. The Labute approximate surface area is 127 Å². The smallest absolute Gasteiger partial charge is 0.217 e. The van der Waals surface area contributed by atoms with Gasteiger partial charge in [0.25, 0.3) is 0 Å². The van der Waals surface area contributed by atoms with Gasteiger partial charge in [-0.1, -0.05) is 6.42 Å². The Morgan fingerprint density at radius 3 is 3.18 bits per heavy atom. The van der Waals surface area contributed by atoms with Crippen LogP contribution < -0.4 is 5.32 Å². The number of amides is 1. The van der Waals surface area contributed by atoms with Crippen molar-refractivity contribution in [1.29, 1.82) is 0 Å². The summed E-state index contributed by atoms with van der Waals surface area (Å²) in [5.41, 5.74) is 2.60. The van der Waals surface area contributed by atoms with Crippen LogP contribution in [0.1, 0.15) is 44.3 Å². The first-order chi connectivity index (χ1) is 10.7. The van der Waals surface area contributed by atoms with Gasteiger partial charge in [-0.25, -0.2) is 4.98 Å². The molecule has 1 aliphatic carbocycles. The fraction of sp³-hybridized carbons (Fsp3) is 0.467. The van der Waals surface area contributed by atoms with Crippen molar-refractivity contribution in [2.75, 3.05) is 0 Å². The van der Waals surface area contributed by atoms with Gasteiger partial charge in [-0.05, 0) is 25.3 Å². The van der Waals surface area contributed by atoms with Crippen LogP contribution in [0.4, 0.5) is 0 Å². The second kappa shape index (κ2) is 5.08. The second-order valence-corrected chi connectivity index (χ2v) is 5.98. The van der Waals surface area contributed by atoms with Crippen LogP contribution in [-0.4, -0.2) is 36.5 Å². The van der Waals surface area contributed by atoms with Crippen molar-refractivity contribution in [3.05, 3.63) is 24.3 Å². The first-order valence-electron chi connectivity index (χ1n) is 7.66. The van der Waals surface area contributed by atoms with Crippen molar-refractivity contribution < 1.29 is 4.79 Å². The second-order valence-electron chi connectivity index (χ2n) is 5.98. The zero-order chi connectivity index (χ0) is 15.1. The standard InChI is InChI=1S/C15H18N6O/c1-9(22)18-11-4-2-3-10(7-11)15-20-19-13-8-17-14-12(21(13)15)5-6-16-14/h5-6,8,10-11,16H,2-4,7H2,1H3,(H,18,22)/t10-,11-/m0/s1. The molecule has 0 saturated heterocycles. The van der Waals surface area contributed by atoms with E-state index < -0.39 is 0 Å². The SMILES string of the molecule is CC(=O)N[C@H]1CCC[C@H](c2nnc3cnc4[nH]ccc4n23)C1. The van der Waals surface area contributed by atoms with E-state index in [1.165, 1.54) is 0 Å². The highest BCUT2D eigenvalue weighted by molar-refractivity contribution is 5.74. The minimum atomic E-state index is 0.0361. The molecule has 4 rings (SSSR count). The molecule has 0 aromatic carbocycles. The molecule has 114 valence electrons. The highest BCUT2D eigenvalue weighted by Gasteiger charge is 2.27. The number of H-pyrrole nitrogens is 1. The topological polar surface area (TPSA) is 88.0 Å². The molecular formula is C15H18N6O.